The third kappa shape index (κ3) is 7.07. The minimum Gasteiger partial charge on any atom is -0.508 e. The fraction of sp³-hybridized carbons (Fsp3) is 0.316. The highest BCUT2D eigenvalue weighted by molar-refractivity contribution is 14.0. The summed E-state index contributed by atoms with van der Waals surface area (Å²) in [6.07, 6.45) is 0.759. The van der Waals surface area contributed by atoms with Gasteiger partial charge >= 0.3 is 0 Å². The Hall–Kier alpha value is -2.03. The van der Waals surface area contributed by atoms with E-state index in [-0.39, 0.29) is 35.5 Å². The second-order valence-electron chi connectivity index (χ2n) is 5.49. The van der Waals surface area contributed by atoms with E-state index in [2.05, 4.69) is 15.6 Å². The Kier molecular flexibility index (Phi) is 9.79. The maximum absolute atomic E-state index is 12.9. The Morgan fingerprint density at radius 2 is 1.88 bits per heavy atom. The molecule has 26 heavy (non-hydrogen) atoms. The van der Waals surface area contributed by atoms with E-state index in [1.807, 2.05) is 6.92 Å². The van der Waals surface area contributed by atoms with Crippen LogP contribution in [0.1, 0.15) is 18.1 Å². The van der Waals surface area contributed by atoms with Crippen molar-refractivity contribution in [2.75, 3.05) is 20.2 Å². The number of phenols is 1. The van der Waals surface area contributed by atoms with Crippen LogP contribution in [0.15, 0.2) is 47.5 Å². The van der Waals surface area contributed by atoms with Crippen LogP contribution in [-0.2, 0) is 13.0 Å². The van der Waals surface area contributed by atoms with Gasteiger partial charge < -0.3 is 20.5 Å². The number of aliphatic imine (C=N–C) groups is 1. The van der Waals surface area contributed by atoms with Gasteiger partial charge in [0.05, 0.1) is 13.7 Å². The van der Waals surface area contributed by atoms with E-state index < -0.39 is 0 Å². The largest absolute Gasteiger partial charge is 0.508 e. The summed E-state index contributed by atoms with van der Waals surface area (Å²) in [5.41, 5.74) is 1.74. The highest BCUT2D eigenvalue weighted by Gasteiger charge is 2.04. The molecule has 2 aromatic carbocycles. The topological polar surface area (TPSA) is 65.9 Å². The lowest BCUT2D eigenvalue weighted by Crippen LogP contribution is -2.38. The first kappa shape index (κ1) is 22.0. The molecule has 2 rings (SSSR count). The molecule has 0 fully saturated rings. The number of nitrogens with zero attached hydrogens (tertiary/aromatic N) is 1. The number of halogens is 2. The molecular weight excluding hydrogens is 448 g/mol. The van der Waals surface area contributed by atoms with E-state index in [0.29, 0.717) is 30.4 Å². The quantitative estimate of drug-likeness (QED) is 0.328. The first-order valence-corrected chi connectivity index (χ1v) is 8.25. The number of aromatic hydroxyl groups is 1. The number of nitrogens with one attached hydrogen (secondary N) is 2. The monoisotopic (exact) mass is 473 g/mol. The zero-order chi connectivity index (χ0) is 18.1. The molecule has 0 spiro atoms. The van der Waals surface area contributed by atoms with Crippen molar-refractivity contribution in [2.45, 2.75) is 19.9 Å². The van der Waals surface area contributed by atoms with E-state index in [9.17, 15) is 9.50 Å². The van der Waals surface area contributed by atoms with Gasteiger partial charge in [-0.15, -0.1) is 24.0 Å². The fourth-order valence-corrected chi connectivity index (χ4v) is 2.30. The van der Waals surface area contributed by atoms with Crippen LogP contribution in [0.2, 0.25) is 0 Å². The lowest BCUT2D eigenvalue weighted by atomic mass is 10.1. The molecule has 2 aromatic rings. The van der Waals surface area contributed by atoms with E-state index in [4.69, 9.17) is 4.74 Å². The van der Waals surface area contributed by atoms with Crippen LogP contribution in [-0.4, -0.2) is 31.3 Å². The Bertz CT molecular complexity index is 708. The van der Waals surface area contributed by atoms with Gasteiger partial charge in [-0.2, -0.15) is 0 Å². The van der Waals surface area contributed by atoms with Crippen molar-refractivity contribution >= 4 is 29.9 Å². The molecule has 0 unspecified atom stereocenters. The maximum atomic E-state index is 12.9. The van der Waals surface area contributed by atoms with Crippen LogP contribution in [0, 0.1) is 5.82 Å². The number of hydrogen-bond acceptors (Lipinski definition) is 3. The lowest BCUT2D eigenvalue weighted by molar-refractivity contribution is 0.411. The predicted molar refractivity (Wildman–Crippen MR) is 113 cm³/mol. The van der Waals surface area contributed by atoms with Gasteiger partial charge in [-0.1, -0.05) is 12.1 Å². The summed E-state index contributed by atoms with van der Waals surface area (Å²) in [7, 11) is 1.58. The summed E-state index contributed by atoms with van der Waals surface area (Å²) in [5.74, 6) is 1.29. The number of phenolic OH excluding ortho intramolecular Hbond substituents is 1. The fourth-order valence-electron chi connectivity index (χ4n) is 2.30. The van der Waals surface area contributed by atoms with Gasteiger partial charge in [-0.3, -0.25) is 0 Å². The van der Waals surface area contributed by atoms with Gasteiger partial charge in [0, 0.05) is 18.7 Å². The SMILES string of the molecule is CCNC(=NCc1cc(OC)ccc1O)NCCc1ccc(F)cc1.I. The Morgan fingerprint density at radius 3 is 2.54 bits per heavy atom. The first-order valence-electron chi connectivity index (χ1n) is 8.25. The third-order valence-electron chi connectivity index (χ3n) is 3.66. The molecule has 5 nitrogen and oxygen atoms in total. The molecule has 0 bridgehead atoms. The molecule has 0 atom stereocenters. The highest BCUT2D eigenvalue weighted by atomic mass is 127. The van der Waals surface area contributed by atoms with Crippen LogP contribution < -0.4 is 15.4 Å². The van der Waals surface area contributed by atoms with Gasteiger partial charge in [-0.05, 0) is 49.2 Å². The van der Waals surface area contributed by atoms with Crippen molar-refractivity contribution in [2.24, 2.45) is 4.99 Å². The number of hydrogen-bond donors (Lipinski definition) is 3. The standard InChI is InChI=1S/C19H24FN3O2.HI/c1-3-21-19(22-11-10-14-4-6-16(20)7-5-14)23-13-15-12-17(25-2)8-9-18(15)24;/h4-9,12,24H,3,10-11,13H2,1-2H3,(H2,21,22,23);1H. The average Bonchev–Trinajstić information content (AvgIpc) is 2.62. The molecule has 7 heteroatoms. The van der Waals surface area contributed by atoms with Crippen molar-refractivity contribution in [3.63, 3.8) is 0 Å². The van der Waals surface area contributed by atoms with E-state index >= 15 is 0 Å². The van der Waals surface area contributed by atoms with Crippen molar-refractivity contribution in [3.05, 3.63) is 59.4 Å². The number of benzene rings is 2. The predicted octanol–water partition coefficient (Wildman–Crippen LogP) is 3.46. The minimum atomic E-state index is -0.232. The van der Waals surface area contributed by atoms with E-state index in [1.165, 1.54) is 12.1 Å². The molecule has 0 saturated heterocycles. The molecule has 0 heterocycles. The van der Waals surface area contributed by atoms with Gasteiger partial charge in [-0.25, -0.2) is 9.38 Å². The molecule has 0 saturated carbocycles. The summed E-state index contributed by atoms with van der Waals surface area (Å²) in [6, 6.07) is 11.5. The van der Waals surface area contributed by atoms with Crippen LogP contribution in [0.25, 0.3) is 0 Å². The van der Waals surface area contributed by atoms with E-state index in [1.54, 1.807) is 37.4 Å². The Balaban J connectivity index is 0.00000338. The molecular formula is C19H25FIN3O2. The van der Waals surface area contributed by atoms with Crippen molar-refractivity contribution in [3.8, 4) is 11.5 Å². The highest BCUT2D eigenvalue weighted by Crippen LogP contribution is 2.23. The van der Waals surface area contributed by atoms with Crippen LogP contribution in [0.4, 0.5) is 4.39 Å². The lowest BCUT2D eigenvalue weighted by Gasteiger charge is -2.12. The van der Waals surface area contributed by atoms with Crippen LogP contribution >= 0.6 is 24.0 Å². The zero-order valence-corrected chi connectivity index (χ0v) is 17.3. The van der Waals surface area contributed by atoms with Gasteiger partial charge in [0.15, 0.2) is 5.96 Å². The Morgan fingerprint density at radius 1 is 1.15 bits per heavy atom. The van der Waals surface area contributed by atoms with Crippen molar-refractivity contribution in [1.82, 2.24) is 10.6 Å². The molecule has 142 valence electrons. The summed E-state index contributed by atoms with van der Waals surface area (Å²) in [5, 5.41) is 16.3. The molecule has 0 amide bonds. The second kappa shape index (κ2) is 11.6. The molecule has 3 N–H and O–H groups in total. The molecule has 0 aliphatic heterocycles. The Labute approximate surface area is 170 Å². The summed E-state index contributed by atoms with van der Waals surface area (Å²) in [6.45, 7) is 3.71. The normalized spacial score (nSPS) is 10.8. The number of rotatable bonds is 7. The van der Waals surface area contributed by atoms with E-state index in [0.717, 1.165) is 18.5 Å². The van der Waals surface area contributed by atoms with Gasteiger partial charge in [0.2, 0.25) is 0 Å². The summed E-state index contributed by atoms with van der Waals surface area (Å²) in [4.78, 5) is 4.48. The van der Waals surface area contributed by atoms with Crippen LogP contribution in [0.3, 0.4) is 0 Å². The number of guanidine groups is 1. The average molecular weight is 473 g/mol. The van der Waals surface area contributed by atoms with Crippen molar-refractivity contribution in [1.29, 1.82) is 0 Å². The molecule has 0 aliphatic carbocycles. The minimum absolute atomic E-state index is 0. The second-order valence-corrected chi connectivity index (χ2v) is 5.49. The third-order valence-corrected chi connectivity index (χ3v) is 3.66. The first-order chi connectivity index (χ1) is 12.1. The molecule has 0 aliphatic rings. The van der Waals surface area contributed by atoms with Gasteiger partial charge in [0.1, 0.15) is 17.3 Å². The smallest absolute Gasteiger partial charge is 0.191 e. The molecule has 0 aromatic heterocycles. The maximum Gasteiger partial charge on any atom is 0.191 e. The number of methoxy groups -OCH3 is 1. The summed E-state index contributed by atoms with van der Waals surface area (Å²) < 4.78 is 18.1. The van der Waals surface area contributed by atoms with Crippen molar-refractivity contribution < 1.29 is 14.2 Å². The van der Waals surface area contributed by atoms with Gasteiger partial charge in [0.25, 0.3) is 0 Å². The molecule has 0 radical (unpaired) electrons. The zero-order valence-electron chi connectivity index (χ0n) is 15.0. The van der Waals surface area contributed by atoms with Crippen LogP contribution in [0.5, 0.6) is 11.5 Å². The summed E-state index contributed by atoms with van der Waals surface area (Å²) >= 11 is 0. The number of ether oxygens (including phenoxy) is 1.